The number of nitrogen functional groups attached to an aromatic ring is 1. The Morgan fingerprint density at radius 2 is 1.94 bits per heavy atom. The molecule has 1 aromatic heterocycles. The van der Waals surface area contributed by atoms with Gasteiger partial charge in [0.25, 0.3) is 5.91 Å². The first-order valence-corrected chi connectivity index (χ1v) is 5.71. The molecule has 18 heavy (non-hydrogen) atoms. The number of aryl methyl sites for hydroxylation is 1. The van der Waals surface area contributed by atoms with Crippen LogP contribution in [0.2, 0.25) is 0 Å². The van der Waals surface area contributed by atoms with Crippen LogP contribution in [0.5, 0.6) is 0 Å². The molecule has 0 aliphatic carbocycles. The van der Waals surface area contributed by atoms with Gasteiger partial charge in [-0.1, -0.05) is 35.9 Å². The molecule has 0 unspecified atom stereocenters. The molecule has 3 N–H and O–H groups in total. The van der Waals surface area contributed by atoms with Crippen LogP contribution in [0.15, 0.2) is 42.5 Å². The van der Waals surface area contributed by atoms with Gasteiger partial charge in [0.05, 0.1) is 0 Å². The van der Waals surface area contributed by atoms with Crippen LogP contribution in [0.1, 0.15) is 21.6 Å². The van der Waals surface area contributed by atoms with Crippen LogP contribution in [0.25, 0.3) is 0 Å². The molecule has 1 aromatic carbocycles. The third kappa shape index (κ3) is 3.07. The number of amides is 1. The Morgan fingerprint density at radius 3 is 2.61 bits per heavy atom. The minimum atomic E-state index is -0.220. The summed E-state index contributed by atoms with van der Waals surface area (Å²) in [5.74, 6) is 0.126. The maximum atomic E-state index is 11.8. The highest BCUT2D eigenvalue weighted by Crippen LogP contribution is 2.04. The van der Waals surface area contributed by atoms with E-state index in [-0.39, 0.29) is 5.91 Å². The lowest BCUT2D eigenvalue weighted by Crippen LogP contribution is -2.23. The molecular formula is C14H15N3O. The van der Waals surface area contributed by atoms with Crippen LogP contribution in [-0.2, 0) is 6.54 Å². The fraction of sp³-hybridized carbons (Fsp3) is 0.143. The van der Waals surface area contributed by atoms with E-state index in [4.69, 9.17) is 5.73 Å². The molecule has 0 aliphatic heterocycles. The van der Waals surface area contributed by atoms with Gasteiger partial charge in [-0.05, 0) is 24.6 Å². The first-order chi connectivity index (χ1) is 8.65. The van der Waals surface area contributed by atoms with Crippen molar-refractivity contribution in [1.29, 1.82) is 0 Å². The van der Waals surface area contributed by atoms with Crippen molar-refractivity contribution in [3.63, 3.8) is 0 Å². The highest BCUT2D eigenvalue weighted by Gasteiger charge is 2.06. The van der Waals surface area contributed by atoms with Crippen molar-refractivity contribution in [2.75, 3.05) is 5.73 Å². The van der Waals surface area contributed by atoms with Gasteiger partial charge in [0.1, 0.15) is 11.5 Å². The van der Waals surface area contributed by atoms with Crippen molar-refractivity contribution >= 4 is 11.7 Å². The molecule has 0 bridgehead atoms. The number of hydrogen-bond acceptors (Lipinski definition) is 3. The van der Waals surface area contributed by atoms with Crippen molar-refractivity contribution < 1.29 is 4.79 Å². The number of anilines is 1. The molecule has 2 aromatic rings. The van der Waals surface area contributed by atoms with Gasteiger partial charge in [0.2, 0.25) is 0 Å². The van der Waals surface area contributed by atoms with Gasteiger partial charge in [-0.15, -0.1) is 0 Å². The molecule has 0 saturated carbocycles. The summed E-state index contributed by atoms with van der Waals surface area (Å²) >= 11 is 0. The van der Waals surface area contributed by atoms with Crippen LogP contribution in [0.3, 0.4) is 0 Å². The topological polar surface area (TPSA) is 68.0 Å². The molecule has 0 aliphatic rings. The number of nitrogens with two attached hydrogens (primary N) is 1. The lowest BCUT2D eigenvalue weighted by molar-refractivity contribution is 0.0946. The van der Waals surface area contributed by atoms with Crippen LogP contribution < -0.4 is 11.1 Å². The predicted molar refractivity (Wildman–Crippen MR) is 71.0 cm³/mol. The molecule has 2 rings (SSSR count). The van der Waals surface area contributed by atoms with E-state index in [1.165, 1.54) is 5.56 Å². The smallest absolute Gasteiger partial charge is 0.270 e. The maximum absolute atomic E-state index is 11.8. The summed E-state index contributed by atoms with van der Waals surface area (Å²) in [5.41, 5.74) is 8.11. The van der Waals surface area contributed by atoms with Crippen LogP contribution in [0.4, 0.5) is 5.82 Å². The molecule has 1 heterocycles. The number of nitrogens with zero attached hydrogens (tertiary/aromatic N) is 1. The van der Waals surface area contributed by atoms with Crippen LogP contribution in [0, 0.1) is 6.92 Å². The van der Waals surface area contributed by atoms with E-state index in [2.05, 4.69) is 10.3 Å². The van der Waals surface area contributed by atoms with E-state index in [9.17, 15) is 4.79 Å². The van der Waals surface area contributed by atoms with Crippen molar-refractivity contribution in [1.82, 2.24) is 10.3 Å². The summed E-state index contributed by atoms with van der Waals surface area (Å²) in [6, 6.07) is 13.0. The summed E-state index contributed by atoms with van der Waals surface area (Å²) in [5, 5.41) is 2.80. The van der Waals surface area contributed by atoms with E-state index in [1.54, 1.807) is 18.2 Å². The number of hydrogen-bond donors (Lipinski definition) is 2. The minimum absolute atomic E-state index is 0.220. The van der Waals surface area contributed by atoms with Crippen LogP contribution >= 0.6 is 0 Å². The second kappa shape index (κ2) is 5.31. The highest BCUT2D eigenvalue weighted by atomic mass is 16.1. The molecule has 0 spiro atoms. The van der Waals surface area contributed by atoms with Crippen LogP contribution in [-0.4, -0.2) is 10.9 Å². The average Bonchev–Trinajstić information content (AvgIpc) is 2.38. The Kier molecular flexibility index (Phi) is 3.57. The lowest BCUT2D eigenvalue weighted by atomic mass is 10.1. The maximum Gasteiger partial charge on any atom is 0.270 e. The number of aromatic nitrogens is 1. The van der Waals surface area contributed by atoms with E-state index >= 15 is 0 Å². The minimum Gasteiger partial charge on any atom is -0.384 e. The number of benzene rings is 1. The van der Waals surface area contributed by atoms with Gasteiger partial charge in [0.15, 0.2) is 0 Å². The van der Waals surface area contributed by atoms with Crippen molar-refractivity contribution in [3.05, 3.63) is 59.3 Å². The zero-order chi connectivity index (χ0) is 13.0. The third-order valence-corrected chi connectivity index (χ3v) is 2.58. The number of nitrogens with one attached hydrogen (secondary N) is 1. The summed E-state index contributed by atoms with van der Waals surface area (Å²) in [4.78, 5) is 15.8. The SMILES string of the molecule is Cc1ccc(CNC(=O)c2cccc(N)n2)cc1. The zero-order valence-corrected chi connectivity index (χ0v) is 10.2. The normalized spacial score (nSPS) is 10.1. The Balaban J connectivity index is 1.98. The van der Waals surface area contributed by atoms with E-state index < -0.39 is 0 Å². The second-order valence-corrected chi connectivity index (χ2v) is 4.12. The quantitative estimate of drug-likeness (QED) is 0.862. The fourth-order valence-electron chi connectivity index (χ4n) is 1.56. The second-order valence-electron chi connectivity index (χ2n) is 4.12. The molecule has 0 fully saturated rings. The molecule has 4 heteroatoms. The molecule has 4 nitrogen and oxygen atoms in total. The molecule has 0 saturated heterocycles. The Morgan fingerprint density at radius 1 is 1.22 bits per heavy atom. The van der Waals surface area contributed by atoms with E-state index in [0.717, 1.165) is 5.56 Å². The van der Waals surface area contributed by atoms with Crippen molar-refractivity contribution in [2.45, 2.75) is 13.5 Å². The molecule has 1 amide bonds. The largest absolute Gasteiger partial charge is 0.384 e. The number of carbonyl (C=O) groups excluding carboxylic acids is 1. The molecule has 92 valence electrons. The first-order valence-electron chi connectivity index (χ1n) is 5.71. The van der Waals surface area contributed by atoms with Gasteiger partial charge >= 0.3 is 0 Å². The summed E-state index contributed by atoms with van der Waals surface area (Å²) in [6.07, 6.45) is 0. The summed E-state index contributed by atoms with van der Waals surface area (Å²) < 4.78 is 0. The number of rotatable bonds is 3. The monoisotopic (exact) mass is 241 g/mol. The van der Waals surface area contributed by atoms with E-state index in [1.807, 2.05) is 31.2 Å². The molecule has 0 radical (unpaired) electrons. The number of pyridine rings is 1. The van der Waals surface area contributed by atoms with Gasteiger partial charge in [-0.2, -0.15) is 0 Å². The summed E-state index contributed by atoms with van der Waals surface area (Å²) in [7, 11) is 0. The molecular weight excluding hydrogens is 226 g/mol. The average molecular weight is 241 g/mol. The molecule has 0 atom stereocenters. The van der Waals surface area contributed by atoms with Crippen molar-refractivity contribution in [3.8, 4) is 0 Å². The summed E-state index contributed by atoms with van der Waals surface area (Å²) in [6.45, 7) is 2.51. The zero-order valence-electron chi connectivity index (χ0n) is 10.2. The Labute approximate surface area is 106 Å². The third-order valence-electron chi connectivity index (χ3n) is 2.58. The Hall–Kier alpha value is -2.36. The predicted octanol–water partition coefficient (Wildman–Crippen LogP) is 1.90. The lowest BCUT2D eigenvalue weighted by Gasteiger charge is -2.05. The van der Waals surface area contributed by atoms with Gasteiger partial charge in [-0.3, -0.25) is 4.79 Å². The van der Waals surface area contributed by atoms with Crippen molar-refractivity contribution in [2.24, 2.45) is 0 Å². The first kappa shape index (κ1) is 12.1. The number of carbonyl (C=O) groups is 1. The standard InChI is InChI=1S/C14H15N3O/c1-10-5-7-11(8-6-10)9-16-14(18)12-3-2-4-13(15)17-12/h2-8H,9H2,1H3,(H2,15,17)(H,16,18). The highest BCUT2D eigenvalue weighted by molar-refractivity contribution is 5.92. The van der Waals surface area contributed by atoms with Gasteiger partial charge in [0, 0.05) is 6.54 Å². The van der Waals surface area contributed by atoms with Gasteiger partial charge < -0.3 is 11.1 Å². The fourth-order valence-corrected chi connectivity index (χ4v) is 1.56. The Bertz CT molecular complexity index is 549. The van der Waals surface area contributed by atoms with E-state index in [0.29, 0.717) is 18.1 Å². The van der Waals surface area contributed by atoms with Gasteiger partial charge in [-0.25, -0.2) is 4.98 Å².